The molecule has 0 aromatic heterocycles. The van der Waals surface area contributed by atoms with Gasteiger partial charge in [0.15, 0.2) is 0 Å². The molecule has 0 aliphatic carbocycles. The average molecular weight is 197 g/mol. The molecule has 0 bridgehead atoms. The van der Waals surface area contributed by atoms with E-state index in [4.69, 9.17) is 10.5 Å². The number of amidine groups is 1. The largest absolute Gasteiger partial charge is 0.463 e. The van der Waals surface area contributed by atoms with Crippen molar-refractivity contribution in [1.29, 1.82) is 0 Å². The van der Waals surface area contributed by atoms with Gasteiger partial charge in [0.2, 0.25) is 0 Å². The van der Waals surface area contributed by atoms with Gasteiger partial charge >= 0.3 is 0 Å². The van der Waals surface area contributed by atoms with Crippen molar-refractivity contribution in [3.8, 4) is 0 Å². The molecule has 4 heteroatoms. The zero-order valence-corrected chi connectivity index (χ0v) is 8.83. The third-order valence-electron chi connectivity index (χ3n) is 3.29. The predicted molar refractivity (Wildman–Crippen MR) is 56.3 cm³/mol. The molecule has 1 spiro atoms. The van der Waals surface area contributed by atoms with E-state index in [0.29, 0.717) is 12.6 Å². The van der Waals surface area contributed by atoms with Crippen molar-refractivity contribution in [3.05, 3.63) is 0 Å². The number of nitrogens with zero attached hydrogens (tertiary/aromatic N) is 2. The fraction of sp³-hybridized carbons (Fsp3) is 0.900. The van der Waals surface area contributed by atoms with Gasteiger partial charge in [-0.3, -0.25) is 0 Å². The van der Waals surface area contributed by atoms with Crippen molar-refractivity contribution in [3.63, 3.8) is 0 Å². The highest BCUT2D eigenvalue weighted by Crippen LogP contribution is 2.30. The summed E-state index contributed by atoms with van der Waals surface area (Å²) in [5.74, 6) is 0. The van der Waals surface area contributed by atoms with Crippen LogP contribution in [0.5, 0.6) is 0 Å². The van der Waals surface area contributed by atoms with E-state index in [1.807, 2.05) is 0 Å². The van der Waals surface area contributed by atoms with E-state index in [2.05, 4.69) is 16.8 Å². The summed E-state index contributed by atoms with van der Waals surface area (Å²) in [5.41, 5.74) is 5.58. The number of rotatable bonds is 1. The Labute approximate surface area is 85.1 Å². The number of likely N-dealkylation sites (tertiary alicyclic amines) is 1. The van der Waals surface area contributed by atoms with Gasteiger partial charge in [-0.25, -0.2) is 4.99 Å². The number of aliphatic imine (C=N–C) groups is 1. The summed E-state index contributed by atoms with van der Waals surface area (Å²) < 4.78 is 5.28. The van der Waals surface area contributed by atoms with Crippen molar-refractivity contribution >= 4 is 6.02 Å². The fourth-order valence-electron chi connectivity index (χ4n) is 2.31. The molecule has 2 rings (SSSR count). The molecule has 0 aromatic carbocycles. The van der Waals surface area contributed by atoms with Gasteiger partial charge in [-0.1, -0.05) is 6.92 Å². The van der Waals surface area contributed by atoms with Crippen LogP contribution in [-0.2, 0) is 4.74 Å². The molecule has 1 saturated heterocycles. The van der Waals surface area contributed by atoms with Crippen LogP contribution in [0.3, 0.4) is 0 Å². The van der Waals surface area contributed by atoms with Crippen LogP contribution >= 0.6 is 0 Å². The Hall–Kier alpha value is -0.770. The molecule has 4 nitrogen and oxygen atoms in total. The zero-order valence-electron chi connectivity index (χ0n) is 8.83. The Bertz CT molecular complexity index is 242. The Morgan fingerprint density at radius 2 is 2.36 bits per heavy atom. The van der Waals surface area contributed by atoms with E-state index in [1.54, 1.807) is 0 Å². The molecule has 2 N–H and O–H groups in total. The Morgan fingerprint density at radius 3 is 3.00 bits per heavy atom. The second-order valence-corrected chi connectivity index (χ2v) is 4.25. The quantitative estimate of drug-likeness (QED) is 0.669. The maximum absolute atomic E-state index is 5.57. The lowest BCUT2D eigenvalue weighted by atomic mass is 9.93. The van der Waals surface area contributed by atoms with E-state index in [0.717, 1.165) is 25.9 Å². The number of hydrogen-bond donors (Lipinski definition) is 1. The monoisotopic (exact) mass is 197 g/mol. The number of nitrogens with two attached hydrogens (primary N) is 1. The average Bonchev–Trinajstić information content (AvgIpc) is 2.44. The number of ether oxygens (including phenoxy) is 1. The van der Waals surface area contributed by atoms with Gasteiger partial charge in [-0.2, -0.15) is 0 Å². The molecule has 2 aliphatic heterocycles. The van der Waals surface area contributed by atoms with Crippen LogP contribution in [0, 0.1) is 0 Å². The molecule has 2 heterocycles. The molecule has 0 aromatic rings. The van der Waals surface area contributed by atoms with Crippen LogP contribution in [0.1, 0.15) is 26.2 Å². The summed E-state index contributed by atoms with van der Waals surface area (Å²) in [4.78, 5) is 6.92. The minimum Gasteiger partial charge on any atom is -0.463 e. The molecule has 1 unspecified atom stereocenters. The molecular formula is C10H19N3O. The number of hydrogen-bond acceptors (Lipinski definition) is 4. The van der Waals surface area contributed by atoms with E-state index in [1.165, 1.54) is 13.0 Å². The molecule has 0 amide bonds. The van der Waals surface area contributed by atoms with E-state index < -0.39 is 0 Å². The lowest BCUT2D eigenvalue weighted by Crippen LogP contribution is -2.30. The summed E-state index contributed by atoms with van der Waals surface area (Å²) in [6.45, 7) is 6.34. The SMILES string of the molecule is CCN1CCCC2(CC1)COC(N)=N2. The standard InChI is InChI=1S/C10H19N3O/c1-2-13-6-3-4-10(5-7-13)8-14-9(11)12-10/h2-8H2,1H3,(H2,11,12). The first-order valence-electron chi connectivity index (χ1n) is 5.45. The van der Waals surface area contributed by atoms with Gasteiger partial charge < -0.3 is 15.4 Å². The summed E-state index contributed by atoms with van der Waals surface area (Å²) in [5, 5.41) is 0. The van der Waals surface area contributed by atoms with Crippen LogP contribution in [0.25, 0.3) is 0 Å². The van der Waals surface area contributed by atoms with Crippen molar-refractivity contribution < 1.29 is 4.74 Å². The lowest BCUT2D eigenvalue weighted by molar-refractivity contribution is 0.229. The van der Waals surface area contributed by atoms with Crippen LogP contribution in [-0.4, -0.2) is 42.7 Å². The third kappa shape index (κ3) is 1.85. The molecule has 1 atom stereocenters. The first-order chi connectivity index (χ1) is 6.74. The Balaban J connectivity index is 2.01. The maximum Gasteiger partial charge on any atom is 0.282 e. The second kappa shape index (κ2) is 3.77. The normalized spacial score (nSPS) is 33.9. The van der Waals surface area contributed by atoms with Crippen molar-refractivity contribution in [2.45, 2.75) is 31.7 Å². The Morgan fingerprint density at radius 1 is 1.50 bits per heavy atom. The molecule has 0 saturated carbocycles. The fourth-order valence-corrected chi connectivity index (χ4v) is 2.31. The summed E-state index contributed by atoms with van der Waals surface area (Å²) in [7, 11) is 0. The van der Waals surface area contributed by atoms with Gasteiger partial charge in [0.1, 0.15) is 12.1 Å². The molecule has 2 aliphatic rings. The predicted octanol–water partition coefficient (Wildman–Crippen LogP) is 0.576. The molecule has 80 valence electrons. The van der Waals surface area contributed by atoms with Gasteiger partial charge in [0.05, 0.1) is 0 Å². The minimum absolute atomic E-state index is 0.00794. The molecule has 1 fully saturated rings. The molecule has 0 radical (unpaired) electrons. The van der Waals surface area contributed by atoms with Gasteiger partial charge in [-0.05, 0) is 32.4 Å². The summed E-state index contributed by atoms with van der Waals surface area (Å²) >= 11 is 0. The maximum atomic E-state index is 5.57. The van der Waals surface area contributed by atoms with Crippen LogP contribution in [0.15, 0.2) is 4.99 Å². The smallest absolute Gasteiger partial charge is 0.282 e. The van der Waals surface area contributed by atoms with E-state index >= 15 is 0 Å². The van der Waals surface area contributed by atoms with Crippen molar-refractivity contribution in [1.82, 2.24) is 4.90 Å². The van der Waals surface area contributed by atoms with Gasteiger partial charge in [-0.15, -0.1) is 0 Å². The van der Waals surface area contributed by atoms with Crippen molar-refractivity contribution in [2.75, 3.05) is 26.2 Å². The highest BCUT2D eigenvalue weighted by molar-refractivity contribution is 5.73. The van der Waals surface area contributed by atoms with Crippen LogP contribution in [0.4, 0.5) is 0 Å². The minimum atomic E-state index is 0.00794. The highest BCUT2D eigenvalue weighted by atomic mass is 16.5. The van der Waals surface area contributed by atoms with E-state index in [9.17, 15) is 0 Å². The van der Waals surface area contributed by atoms with Crippen molar-refractivity contribution in [2.24, 2.45) is 10.7 Å². The summed E-state index contributed by atoms with van der Waals surface area (Å²) in [6, 6.07) is 0.384. The second-order valence-electron chi connectivity index (χ2n) is 4.25. The summed E-state index contributed by atoms with van der Waals surface area (Å²) in [6.07, 6.45) is 3.40. The van der Waals surface area contributed by atoms with E-state index in [-0.39, 0.29) is 5.54 Å². The first kappa shape index (κ1) is 9.77. The van der Waals surface area contributed by atoms with Gasteiger partial charge in [0, 0.05) is 6.54 Å². The van der Waals surface area contributed by atoms with Gasteiger partial charge in [0.25, 0.3) is 6.02 Å². The Kier molecular flexibility index (Phi) is 2.63. The first-order valence-corrected chi connectivity index (χ1v) is 5.45. The molecule has 14 heavy (non-hydrogen) atoms. The zero-order chi connectivity index (χ0) is 10.0. The molecular weight excluding hydrogens is 178 g/mol. The van der Waals surface area contributed by atoms with Crippen LogP contribution < -0.4 is 5.73 Å². The highest BCUT2D eigenvalue weighted by Gasteiger charge is 2.37. The topological polar surface area (TPSA) is 50.9 Å². The van der Waals surface area contributed by atoms with Crippen LogP contribution in [0.2, 0.25) is 0 Å². The third-order valence-corrected chi connectivity index (χ3v) is 3.29. The lowest BCUT2D eigenvalue weighted by Gasteiger charge is -2.21.